The molecule has 0 fully saturated rings. The van der Waals surface area contributed by atoms with Crippen LogP contribution >= 0.6 is 11.6 Å². The molecule has 0 heterocycles. The van der Waals surface area contributed by atoms with Crippen molar-refractivity contribution in [2.45, 2.75) is 26.8 Å². The highest BCUT2D eigenvalue weighted by molar-refractivity contribution is 6.33. The largest absolute Gasteiger partial charge is 0.493 e. The molecule has 0 aliphatic carbocycles. The Bertz CT molecular complexity index is 583. The van der Waals surface area contributed by atoms with Crippen LogP contribution in [0.1, 0.15) is 25.8 Å². The summed E-state index contributed by atoms with van der Waals surface area (Å²) in [6.45, 7) is 6.66. The summed E-state index contributed by atoms with van der Waals surface area (Å²) in [5.41, 5.74) is 3.25. The van der Waals surface area contributed by atoms with Crippen LogP contribution in [-0.4, -0.2) is 13.2 Å². The molecule has 3 heteroatoms. The van der Waals surface area contributed by atoms with Gasteiger partial charge in [0.25, 0.3) is 0 Å². The highest BCUT2D eigenvalue weighted by atomic mass is 35.5. The van der Waals surface area contributed by atoms with E-state index in [1.807, 2.05) is 37.3 Å². The molecule has 2 nitrogen and oxygen atoms in total. The minimum atomic E-state index is 0.646. The van der Waals surface area contributed by atoms with Gasteiger partial charge in [-0.15, -0.1) is 0 Å². The summed E-state index contributed by atoms with van der Waals surface area (Å²) >= 11 is 6.47. The first kappa shape index (κ1) is 15.9. The van der Waals surface area contributed by atoms with Gasteiger partial charge in [-0.05, 0) is 37.6 Å². The quantitative estimate of drug-likeness (QED) is 0.734. The van der Waals surface area contributed by atoms with Gasteiger partial charge in [-0.25, -0.2) is 0 Å². The predicted molar refractivity (Wildman–Crippen MR) is 90.1 cm³/mol. The third kappa shape index (κ3) is 4.23. The zero-order chi connectivity index (χ0) is 15.1. The van der Waals surface area contributed by atoms with Crippen LogP contribution in [0.3, 0.4) is 0 Å². The minimum absolute atomic E-state index is 0.646. The van der Waals surface area contributed by atoms with Crippen molar-refractivity contribution in [2.24, 2.45) is 0 Å². The smallest absolute Gasteiger partial charge is 0.127 e. The molecular weight excluding hydrogens is 282 g/mol. The average molecular weight is 304 g/mol. The summed E-state index contributed by atoms with van der Waals surface area (Å²) in [5, 5.41) is 4.15. The van der Waals surface area contributed by atoms with Crippen LogP contribution in [-0.2, 0) is 6.54 Å². The van der Waals surface area contributed by atoms with E-state index in [0.29, 0.717) is 6.61 Å². The van der Waals surface area contributed by atoms with Gasteiger partial charge in [-0.2, -0.15) is 0 Å². The Hall–Kier alpha value is -1.51. The molecule has 0 unspecified atom stereocenters. The maximum Gasteiger partial charge on any atom is 0.127 e. The van der Waals surface area contributed by atoms with Crippen LogP contribution in [0.25, 0.3) is 11.1 Å². The number of rotatable bonds is 7. The summed E-state index contributed by atoms with van der Waals surface area (Å²) in [5.74, 6) is 0.874. The van der Waals surface area contributed by atoms with Crippen LogP contribution in [0, 0.1) is 0 Å². The van der Waals surface area contributed by atoms with E-state index in [-0.39, 0.29) is 0 Å². The maximum atomic E-state index is 6.47. The van der Waals surface area contributed by atoms with Crippen LogP contribution in [0.15, 0.2) is 42.5 Å². The van der Waals surface area contributed by atoms with Gasteiger partial charge in [0.2, 0.25) is 0 Å². The molecule has 112 valence electrons. The Labute approximate surface area is 132 Å². The zero-order valence-electron chi connectivity index (χ0n) is 12.7. The minimum Gasteiger partial charge on any atom is -0.493 e. The Kier molecular flexibility index (Phi) is 6.09. The van der Waals surface area contributed by atoms with Crippen molar-refractivity contribution in [1.29, 1.82) is 0 Å². The lowest BCUT2D eigenvalue weighted by molar-refractivity contribution is 0.341. The molecule has 0 atom stereocenters. The molecule has 1 N–H and O–H groups in total. The summed E-state index contributed by atoms with van der Waals surface area (Å²) < 4.78 is 5.69. The fourth-order valence-electron chi connectivity index (χ4n) is 2.27. The van der Waals surface area contributed by atoms with E-state index < -0.39 is 0 Å². The Morgan fingerprint density at radius 3 is 2.57 bits per heavy atom. The second-order valence-electron chi connectivity index (χ2n) is 4.92. The van der Waals surface area contributed by atoms with Crippen molar-refractivity contribution in [3.05, 3.63) is 53.1 Å². The number of halogens is 1. The summed E-state index contributed by atoms with van der Waals surface area (Å²) in [7, 11) is 0. The van der Waals surface area contributed by atoms with E-state index in [2.05, 4.69) is 24.4 Å². The molecule has 0 saturated heterocycles. The second-order valence-corrected chi connectivity index (χ2v) is 5.33. The van der Waals surface area contributed by atoms with Crippen LogP contribution in [0.2, 0.25) is 5.02 Å². The zero-order valence-corrected chi connectivity index (χ0v) is 13.4. The SMILES string of the molecule is CCCNCc1ccc(-c2ccccc2OCC)c(Cl)c1. The van der Waals surface area contributed by atoms with E-state index in [1.165, 1.54) is 5.56 Å². The molecule has 2 aromatic rings. The molecule has 2 rings (SSSR count). The van der Waals surface area contributed by atoms with E-state index in [1.54, 1.807) is 0 Å². The summed E-state index contributed by atoms with van der Waals surface area (Å²) in [4.78, 5) is 0. The van der Waals surface area contributed by atoms with E-state index in [4.69, 9.17) is 16.3 Å². The van der Waals surface area contributed by atoms with Gasteiger partial charge in [0.05, 0.1) is 6.61 Å². The number of hydrogen-bond acceptors (Lipinski definition) is 2. The van der Waals surface area contributed by atoms with Gasteiger partial charge in [0.15, 0.2) is 0 Å². The summed E-state index contributed by atoms with van der Waals surface area (Å²) in [6, 6.07) is 14.2. The highest BCUT2D eigenvalue weighted by Gasteiger charge is 2.09. The van der Waals surface area contributed by atoms with E-state index in [9.17, 15) is 0 Å². The second kappa shape index (κ2) is 8.06. The molecule has 0 radical (unpaired) electrons. The van der Waals surface area contributed by atoms with Crippen LogP contribution in [0.5, 0.6) is 5.75 Å². The molecular formula is C18H22ClNO. The number of hydrogen-bond donors (Lipinski definition) is 1. The lowest BCUT2D eigenvalue weighted by atomic mass is 10.0. The first-order valence-corrected chi connectivity index (χ1v) is 7.85. The number of para-hydroxylation sites is 1. The maximum absolute atomic E-state index is 6.47. The number of benzene rings is 2. The number of ether oxygens (including phenoxy) is 1. The monoisotopic (exact) mass is 303 g/mol. The molecule has 0 saturated carbocycles. The molecule has 0 amide bonds. The molecule has 0 spiro atoms. The molecule has 0 aliphatic rings. The van der Waals surface area contributed by atoms with E-state index >= 15 is 0 Å². The summed E-state index contributed by atoms with van der Waals surface area (Å²) in [6.07, 6.45) is 1.13. The van der Waals surface area contributed by atoms with Gasteiger partial charge < -0.3 is 10.1 Å². The normalized spacial score (nSPS) is 10.6. The van der Waals surface area contributed by atoms with Gasteiger partial charge >= 0.3 is 0 Å². The Morgan fingerprint density at radius 2 is 1.86 bits per heavy atom. The molecule has 0 aliphatic heterocycles. The van der Waals surface area contributed by atoms with Crippen molar-refractivity contribution in [2.75, 3.05) is 13.2 Å². The number of nitrogens with one attached hydrogen (secondary N) is 1. The lowest BCUT2D eigenvalue weighted by Gasteiger charge is -2.12. The van der Waals surface area contributed by atoms with Crippen molar-refractivity contribution in [1.82, 2.24) is 5.32 Å². The first-order chi connectivity index (χ1) is 10.3. The third-order valence-corrected chi connectivity index (χ3v) is 3.58. The van der Waals surface area contributed by atoms with Gasteiger partial charge in [0.1, 0.15) is 5.75 Å². The average Bonchev–Trinajstić information content (AvgIpc) is 2.49. The fourth-order valence-corrected chi connectivity index (χ4v) is 2.57. The lowest BCUT2D eigenvalue weighted by Crippen LogP contribution is -2.13. The van der Waals surface area contributed by atoms with Crippen molar-refractivity contribution < 1.29 is 4.74 Å². The van der Waals surface area contributed by atoms with Gasteiger partial charge in [-0.3, -0.25) is 0 Å². The highest BCUT2D eigenvalue weighted by Crippen LogP contribution is 2.35. The standard InChI is InChI=1S/C18H22ClNO/c1-3-11-20-13-14-9-10-15(17(19)12-14)16-7-5-6-8-18(16)21-4-2/h5-10,12,20H,3-4,11,13H2,1-2H3. The predicted octanol–water partition coefficient (Wildman–Crippen LogP) is 4.91. The van der Waals surface area contributed by atoms with Crippen molar-refractivity contribution in [3.8, 4) is 16.9 Å². The Morgan fingerprint density at radius 1 is 1.05 bits per heavy atom. The Balaban J connectivity index is 2.24. The van der Waals surface area contributed by atoms with Gasteiger partial charge in [0, 0.05) is 22.7 Å². The van der Waals surface area contributed by atoms with Crippen LogP contribution < -0.4 is 10.1 Å². The first-order valence-electron chi connectivity index (χ1n) is 7.47. The topological polar surface area (TPSA) is 21.3 Å². The fraction of sp³-hybridized carbons (Fsp3) is 0.333. The third-order valence-electron chi connectivity index (χ3n) is 3.27. The molecule has 21 heavy (non-hydrogen) atoms. The molecule has 0 bridgehead atoms. The molecule has 0 aromatic heterocycles. The van der Waals surface area contributed by atoms with Gasteiger partial charge in [-0.1, -0.05) is 48.9 Å². The van der Waals surface area contributed by atoms with Crippen molar-refractivity contribution in [3.63, 3.8) is 0 Å². The van der Waals surface area contributed by atoms with Crippen molar-refractivity contribution >= 4 is 11.6 Å². The molecule has 2 aromatic carbocycles. The van der Waals surface area contributed by atoms with Crippen LogP contribution in [0.4, 0.5) is 0 Å². The van der Waals surface area contributed by atoms with E-state index in [0.717, 1.165) is 41.4 Å².